The normalized spacial score (nSPS) is 10.9. The topological polar surface area (TPSA) is 38.5 Å². The van der Waals surface area contributed by atoms with Gasteiger partial charge in [0.05, 0.1) is 7.11 Å². The van der Waals surface area contributed by atoms with Crippen LogP contribution in [-0.2, 0) is 6.54 Å². The molecule has 1 aromatic carbocycles. The standard InChI is InChI=1S/C13H21FN2O/c1-3-16(8-4-7-15)10-11-5-6-12(17-2)9-13(11)14/h5-6,9H,3-4,7-8,10,15H2,1-2H3. The van der Waals surface area contributed by atoms with Gasteiger partial charge in [-0.25, -0.2) is 4.39 Å². The Labute approximate surface area is 102 Å². The van der Waals surface area contributed by atoms with E-state index in [-0.39, 0.29) is 5.82 Å². The van der Waals surface area contributed by atoms with Crippen molar-refractivity contribution in [3.63, 3.8) is 0 Å². The SMILES string of the molecule is CCN(CCCN)Cc1ccc(OC)cc1F. The second-order valence-corrected chi connectivity index (χ2v) is 3.97. The van der Waals surface area contributed by atoms with Crippen LogP contribution in [0.5, 0.6) is 5.75 Å². The molecule has 0 aliphatic rings. The van der Waals surface area contributed by atoms with Crippen LogP contribution in [0.25, 0.3) is 0 Å². The summed E-state index contributed by atoms with van der Waals surface area (Å²) >= 11 is 0. The molecule has 1 aromatic rings. The van der Waals surface area contributed by atoms with Crippen molar-refractivity contribution >= 4 is 0 Å². The highest BCUT2D eigenvalue weighted by Gasteiger charge is 2.08. The van der Waals surface area contributed by atoms with Gasteiger partial charge in [0.25, 0.3) is 0 Å². The summed E-state index contributed by atoms with van der Waals surface area (Å²) in [5.74, 6) is 0.340. The first-order valence-corrected chi connectivity index (χ1v) is 5.96. The Kier molecular flexibility index (Phi) is 5.94. The van der Waals surface area contributed by atoms with Gasteiger partial charge in [0.2, 0.25) is 0 Å². The van der Waals surface area contributed by atoms with Crippen molar-refractivity contribution in [2.24, 2.45) is 5.73 Å². The van der Waals surface area contributed by atoms with E-state index in [1.807, 2.05) is 0 Å². The molecule has 96 valence electrons. The zero-order valence-electron chi connectivity index (χ0n) is 10.6. The molecule has 0 saturated heterocycles. The Bertz CT molecular complexity index is 344. The fourth-order valence-corrected chi connectivity index (χ4v) is 1.69. The molecule has 17 heavy (non-hydrogen) atoms. The van der Waals surface area contributed by atoms with Gasteiger partial charge in [-0.15, -0.1) is 0 Å². The van der Waals surface area contributed by atoms with Crippen molar-refractivity contribution in [2.45, 2.75) is 19.9 Å². The summed E-state index contributed by atoms with van der Waals surface area (Å²) in [6, 6.07) is 4.99. The van der Waals surface area contributed by atoms with Crippen LogP contribution >= 0.6 is 0 Å². The smallest absolute Gasteiger partial charge is 0.131 e. The summed E-state index contributed by atoms with van der Waals surface area (Å²) in [6.45, 7) is 5.15. The van der Waals surface area contributed by atoms with Crippen molar-refractivity contribution in [1.82, 2.24) is 4.90 Å². The fraction of sp³-hybridized carbons (Fsp3) is 0.538. The number of hydrogen-bond acceptors (Lipinski definition) is 3. The van der Waals surface area contributed by atoms with Crippen molar-refractivity contribution in [1.29, 1.82) is 0 Å². The second-order valence-electron chi connectivity index (χ2n) is 3.97. The lowest BCUT2D eigenvalue weighted by molar-refractivity contribution is 0.273. The van der Waals surface area contributed by atoms with Crippen molar-refractivity contribution in [2.75, 3.05) is 26.7 Å². The van der Waals surface area contributed by atoms with Gasteiger partial charge in [0, 0.05) is 18.2 Å². The summed E-state index contributed by atoms with van der Waals surface area (Å²) in [5, 5.41) is 0. The van der Waals surface area contributed by atoms with Crippen LogP contribution in [0.2, 0.25) is 0 Å². The van der Waals surface area contributed by atoms with E-state index in [1.165, 1.54) is 13.2 Å². The first kappa shape index (κ1) is 13.9. The maximum Gasteiger partial charge on any atom is 0.131 e. The molecule has 0 spiro atoms. The molecule has 4 heteroatoms. The third-order valence-corrected chi connectivity index (χ3v) is 2.78. The number of rotatable bonds is 7. The van der Waals surface area contributed by atoms with E-state index in [9.17, 15) is 4.39 Å². The van der Waals surface area contributed by atoms with E-state index in [0.717, 1.165) is 19.5 Å². The van der Waals surface area contributed by atoms with Crippen molar-refractivity contribution < 1.29 is 9.13 Å². The largest absolute Gasteiger partial charge is 0.497 e. The van der Waals surface area contributed by atoms with E-state index in [0.29, 0.717) is 24.4 Å². The van der Waals surface area contributed by atoms with Crippen LogP contribution in [0.1, 0.15) is 18.9 Å². The van der Waals surface area contributed by atoms with E-state index in [1.54, 1.807) is 12.1 Å². The highest BCUT2D eigenvalue weighted by Crippen LogP contribution is 2.17. The van der Waals surface area contributed by atoms with Gasteiger partial charge >= 0.3 is 0 Å². The summed E-state index contributed by atoms with van der Waals surface area (Å²) in [6.07, 6.45) is 0.936. The van der Waals surface area contributed by atoms with E-state index in [4.69, 9.17) is 10.5 Å². The lowest BCUT2D eigenvalue weighted by Crippen LogP contribution is -2.26. The van der Waals surface area contributed by atoms with Gasteiger partial charge < -0.3 is 10.5 Å². The number of hydrogen-bond donors (Lipinski definition) is 1. The van der Waals surface area contributed by atoms with Crippen molar-refractivity contribution in [3.05, 3.63) is 29.6 Å². The monoisotopic (exact) mass is 240 g/mol. The molecule has 0 amide bonds. The van der Waals surface area contributed by atoms with Gasteiger partial charge in [0.1, 0.15) is 11.6 Å². The Morgan fingerprint density at radius 2 is 2.18 bits per heavy atom. The first-order valence-electron chi connectivity index (χ1n) is 5.96. The molecule has 2 N–H and O–H groups in total. The summed E-state index contributed by atoms with van der Waals surface area (Å²) in [7, 11) is 1.54. The minimum Gasteiger partial charge on any atom is -0.497 e. The molecular weight excluding hydrogens is 219 g/mol. The highest BCUT2D eigenvalue weighted by molar-refractivity contribution is 5.28. The molecule has 0 heterocycles. The average molecular weight is 240 g/mol. The fourth-order valence-electron chi connectivity index (χ4n) is 1.69. The van der Waals surface area contributed by atoms with Gasteiger partial charge in [-0.3, -0.25) is 4.90 Å². The predicted molar refractivity (Wildman–Crippen MR) is 67.6 cm³/mol. The minimum atomic E-state index is -0.212. The Hall–Kier alpha value is -1.13. The lowest BCUT2D eigenvalue weighted by Gasteiger charge is -2.20. The molecule has 0 aliphatic heterocycles. The van der Waals surface area contributed by atoms with Crippen LogP contribution in [0.4, 0.5) is 4.39 Å². The summed E-state index contributed by atoms with van der Waals surface area (Å²) in [4.78, 5) is 2.18. The maximum absolute atomic E-state index is 13.7. The molecule has 3 nitrogen and oxygen atoms in total. The van der Waals surface area contributed by atoms with Crippen LogP contribution in [0.3, 0.4) is 0 Å². The second kappa shape index (κ2) is 7.25. The van der Waals surface area contributed by atoms with Crippen LogP contribution in [0, 0.1) is 5.82 Å². The van der Waals surface area contributed by atoms with E-state index in [2.05, 4.69) is 11.8 Å². The minimum absolute atomic E-state index is 0.212. The number of nitrogens with zero attached hydrogens (tertiary/aromatic N) is 1. The zero-order valence-corrected chi connectivity index (χ0v) is 10.6. The number of benzene rings is 1. The maximum atomic E-state index is 13.7. The Balaban J connectivity index is 2.65. The number of methoxy groups -OCH3 is 1. The third kappa shape index (κ3) is 4.32. The molecule has 1 rings (SSSR count). The third-order valence-electron chi connectivity index (χ3n) is 2.78. The molecular formula is C13H21FN2O. The van der Waals surface area contributed by atoms with Gasteiger partial charge in [-0.2, -0.15) is 0 Å². The first-order chi connectivity index (χ1) is 8.21. The average Bonchev–Trinajstić information content (AvgIpc) is 2.36. The molecule has 0 bridgehead atoms. The summed E-state index contributed by atoms with van der Waals surface area (Å²) in [5.41, 5.74) is 6.17. The molecule has 0 fully saturated rings. The van der Waals surface area contributed by atoms with Gasteiger partial charge in [-0.1, -0.05) is 13.0 Å². The van der Waals surface area contributed by atoms with Crippen LogP contribution in [0.15, 0.2) is 18.2 Å². The zero-order chi connectivity index (χ0) is 12.7. The predicted octanol–water partition coefficient (Wildman–Crippen LogP) is 2.00. The Morgan fingerprint density at radius 1 is 1.41 bits per heavy atom. The molecule has 0 atom stereocenters. The van der Waals surface area contributed by atoms with E-state index < -0.39 is 0 Å². The molecule has 0 radical (unpaired) electrons. The quantitative estimate of drug-likeness (QED) is 0.792. The van der Waals surface area contributed by atoms with Gasteiger partial charge in [0.15, 0.2) is 0 Å². The highest BCUT2D eigenvalue weighted by atomic mass is 19.1. The molecule has 0 unspecified atom stereocenters. The molecule has 0 aliphatic carbocycles. The van der Waals surface area contributed by atoms with Crippen molar-refractivity contribution in [3.8, 4) is 5.75 Å². The molecule has 0 saturated carbocycles. The lowest BCUT2D eigenvalue weighted by atomic mass is 10.2. The number of halogens is 1. The van der Waals surface area contributed by atoms with Crippen LogP contribution < -0.4 is 10.5 Å². The summed E-state index contributed by atoms with van der Waals surface area (Å²) < 4.78 is 18.7. The van der Waals surface area contributed by atoms with Gasteiger partial charge in [-0.05, 0) is 32.1 Å². The number of ether oxygens (including phenoxy) is 1. The Morgan fingerprint density at radius 3 is 2.71 bits per heavy atom. The molecule has 0 aromatic heterocycles. The van der Waals surface area contributed by atoms with Crippen LogP contribution in [-0.4, -0.2) is 31.6 Å². The van der Waals surface area contributed by atoms with E-state index >= 15 is 0 Å². The number of nitrogens with two attached hydrogens (primary N) is 1.